The van der Waals surface area contributed by atoms with E-state index >= 15 is 0 Å². The van der Waals surface area contributed by atoms with E-state index in [4.69, 9.17) is 9.47 Å². The maximum absolute atomic E-state index is 14.3. The number of aromatic nitrogens is 1. The number of likely N-dealkylation sites (tertiary alicyclic amines) is 1. The number of urea groups is 2. The van der Waals surface area contributed by atoms with Crippen LogP contribution in [0, 0.1) is 17.6 Å². The molecular weight excluding hydrogens is 536 g/mol. The van der Waals surface area contributed by atoms with Crippen molar-refractivity contribution < 1.29 is 32.6 Å². The van der Waals surface area contributed by atoms with E-state index in [2.05, 4.69) is 26.3 Å². The van der Waals surface area contributed by atoms with Crippen molar-refractivity contribution in [2.45, 2.75) is 49.7 Å². The zero-order valence-corrected chi connectivity index (χ0v) is 23.0. The number of hydrogen-bond acceptors (Lipinski definition) is 7. The number of hydrogen-bond donors (Lipinski definition) is 1. The average Bonchev–Trinajstić information content (AvgIpc) is 2.96. The fraction of sp³-hybridized carbons (Fsp3) is 0.483. The smallest absolute Gasteiger partial charge is 0.352 e. The third-order valence-electron chi connectivity index (χ3n) is 8.21. The van der Waals surface area contributed by atoms with Crippen molar-refractivity contribution in [3.05, 3.63) is 65.5 Å². The zero-order valence-electron chi connectivity index (χ0n) is 23.0. The Morgan fingerprint density at radius 3 is 2.44 bits per heavy atom. The molecular formula is C29H33F2N5O5. The molecule has 0 spiro atoms. The summed E-state index contributed by atoms with van der Waals surface area (Å²) >= 11 is 0. The number of nitrogens with zero attached hydrogens (tertiary/aromatic N) is 4. The first-order valence-corrected chi connectivity index (χ1v) is 13.7. The van der Waals surface area contributed by atoms with Gasteiger partial charge in [0.2, 0.25) is 0 Å². The Bertz CT molecular complexity index is 1310. The fourth-order valence-corrected chi connectivity index (χ4v) is 6.11. The standard InChI is InChI=1S/C29H33F2N5O5/c1-40-16-24-25(27(37)41-2)26(18-8-11-21(30)22(31)13-18)36(29(39)34-24)28(38)33-19-14-35(15-19)20-9-6-17(7-10-20)23-5-3-4-12-32-23/h3-5,8,11-13,17,19-20,25-26H,6-7,9-10,14-16H2,1-2H3,(H,33,38)/t17?,20?,25?,26-/m0/s1. The molecule has 1 saturated carbocycles. The molecule has 2 aliphatic heterocycles. The van der Waals surface area contributed by atoms with Crippen molar-refractivity contribution >= 4 is 23.7 Å². The van der Waals surface area contributed by atoms with Crippen LogP contribution in [0.1, 0.15) is 48.9 Å². The van der Waals surface area contributed by atoms with E-state index in [1.54, 1.807) is 0 Å². The molecule has 1 aromatic carbocycles. The number of amides is 4. The number of carbonyl (C=O) groups excluding carboxylic acids is 3. The predicted octanol–water partition coefficient (Wildman–Crippen LogP) is 3.83. The topological polar surface area (TPSA) is 113 Å². The monoisotopic (exact) mass is 569 g/mol. The number of aliphatic imine (C=N–C) groups is 1. The Hall–Kier alpha value is -3.77. The number of ether oxygens (including phenoxy) is 2. The molecule has 3 aliphatic rings. The Morgan fingerprint density at radius 1 is 1.05 bits per heavy atom. The summed E-state index contributed by atoms with van der Waals surface area (Å²) in [5.74, 6) is -3.88. The number of pyridine rings is 1. The van der Waals surface area contributed by atoms with Crippen molar-refractivity contribution in [3.63, 3.8) is 0 Å². The van der Waals surface area contributed by atoms with Crippen molar-refractivity contribution in [2.24, 2.45) is 10.9 Å². The Labute approximate surface area is 236 Å². The highest BCUT2D eigenvalue weighted by Gasteiger charge is 2.48. The molecule has 0 bridgehead atoms. The van der Waals surface area contributed by atoms with Gasteiger partial charge in [-0.25, -0.2) is 23.3 Å². The molecule has 1 unspecified atom stereocenters. The molecule has 2 fully saturated rings. The zero-order chi connectivity index (χ0) is 29.1. The lowest BCUT2D eigenvalue weighted by atomic mass is 9.82. The lowest BCUT2D eigenvalue weighted by molar-refractivity contribution is -0.144. The summed E-state index contributed by atoms with van der Waals surface area (Å²) < 4.78 is 38.1. The molecule has 12 heteroatoms. The fourth-order valence-electron chi connectivity index (χ4n) is 6.11. The van der Waals surface area contributed by atoms with Crippen molar-refractivity contribution in [2.75, 3.05) is 33.9 Å². The Kier molecular flexibility index (Phi) is 8.69. The van der Waals surface area contributed by atoms with Crippen LogP contribution in [0.3, 0.4) is 0 Å². The number of nitrogens with one attached hydrogen (secondary N) is 1. The molecule has 2 aromatic rings. The van der Waals surface area contributed by atoms with E-state index in [1.807, 2.05) is 18.3 Å². The van der Waals surface area contributed by atoms with Gasteiger partial charge in [-0.2, -0.15) is 4.99 Å². The van der Waals surface area contributed by atoms with Crippen LogP contribution < -0.4 is 5.32 Å². The summed E-state index contributed by atoms with van der Waals surface area (Å²) in [6.45, 7) is 1.03. The van der Waals surface area contributed by atoms with Crippen LogP contribution in [0.2, 0.25) is 0 Å². The third-order valence-corrected chi connectivity index (χ3v) is 8.21. The maximum Gasteiger partial charge on any atom is 0.352 e. The lowest BCUT2D eigenvalue weighted by Crippen LogP contribution is -2.65. The SMILES string of the molecule is COCC1=NC(=O)N(C(=O)NC2CN(C3CCC(c4ccccn4)CC3)C2)[C@@H](c2ccc(F)c(F)c2)C1C(=O)OC. The molecule has 5 rings (SSSR count). The van der Waals surface area contributed by atoms with Crippen LogP contribution in [-0.4, -0.2) is 84.5 Å². The van der Waals surface area contributed by atoms with Gasteiger partial charge >= 0.3 is 18.0 Å². The number of methoxy groups -OCH3 is 2. The number of rotatable bonds is 7. The first kappa shape index (κ1) is 28.7. The molecule has 10 nitrogen and oxygen atoms in total. The van der Waals surface area contributed by atoms with E-state index < -0.39 is 41.6 Å². The normalized spacial score (nSPS) is 25.3. The summed E-state index contributed by atoms with van der Waals surface area (Å²) in [6.07, 6.45) is 5.98. The van der Waals surface area contributed by atoms with Gasteiger partial charge in [0.05, 0.1) is 31.5 Å². The maximum atomic E-state index is 14.3. The minimum atomic E-state index is -1.31. The predicted molar refractivity (Wildman–Crippen MR) is 144 cm³/mol. The lowest BCUT2D eigenvalue weighted by Gasteiger charge is -2.47. The van der Waals surface area contributed by atoms with Gasteiger partial charge in [0.25, 0.3) is 0 Å². The highest BCUT2D eigenvalue weighted by molar-refractivity contribution is 6.12. The molecule has 1 aromatic heterocycles. The minimum Gasteiger partial charge on any atom is -0.468 e. The summed E-state index contributed by atoms with van der Waals surface area (Å²) in [7, 11) is 2.52. The molecule has 3 heterocycles. The second-order valence-corrected chi connectivity index (χ2v) is 10.7. The van der Waals surface area contributed by atoms with Gasteiger partial charge in [-0.3, -0.25) is 14.7 Å². The van der Waals surface area contributed by atoms with Crippen molar-refractivity contribution in [1.29, 1.82) is 0 Å². The van der Waals surface area contributed by atoms with Gasteiger partial charge in [0.1, 0.15) is 5.92 Å². The molecule has 218 valence electrons. The van der Waals surface area contributed by atoms with Gasteiger partial charge in [0.15, 0.2) is 11.6 Å². The average molecular weight is 570 g/mol. The summed E-state index contributed by atoms with van der Waals surface area (Å²) in [4.78, 5) is 51.1. The van der Waals surface area contributed by atoms with E-state index in [1.165, 1.54) is 13.2 Å². The van der Waals surface area contributed by atoms with E-state index in [0.29, 0.717) is 25.0 Å². The second-order valence-electron chi connectivity index (χ2n) is 10.7. The number of carbonyl (C=O) groups is 3. The van der Waals surface area contributed by atoms with Crippen LogP contribution in [-0.2, 0) is 14.3 Å². The summed E-state index contributed by atoms with van der Waals surface area (Å²) in [5, 5.41) is 2.86. The third kappa shape index (κ3) is 5.98. The van der Waals surface area contributed by atoms with E-state index in [9.17, 15) is 23.2 Å². The number of benzene rings is 1. The van der Waals surface area contributed by atoms with Gasteiger partial charge in [-0.05, 0) is 55.5 Å². The van der Waals surface area contributed by atoms with Gasteiger partial charge < -0.3 is 14.8 Å². The van der Waals surface area contributed by atoms with E-state index in [0.717, 1.165) is 55.5 Å². The number of imide groups is 1. The number of esters is 1. The summed E-state index contributed by atoms with van der Waals surface area (Å²) in [5.41, 5.74) is 1.20. The van der Waals surface area contributed by atoms with Crippen LogP contribution in [0.4, 0.5) is 18.4 Å². The second kappa shape index (κ2) is 12.4. The molecule has 41 heavy (non-hydrogen) atoms. The number of halogens is 2. The van der Waals surface area contributed by atoms with Crippen LogP contribution in [0.5, 0.6) is 0 Å². The first-order valence-electron chi connectivity index (χ1n) is 13.7. The van der Waals surface area contributed by atoms with Crippen LogP contribution in [0.15, 0.2) is 47.6 Å². The largest absolute Gasteiger partial charge is 0.468 e. The molecule has 1 N–H and O–H groups in total. The molecule has 1 saturated heterocycles. The molecule has 4 amide bonds. The first-order chi connectivity index (χ1) is 19.8. The quantitative estimate of drug-likeness (QED) is 0.504. The Balaban J connectivity index is 1.28. The van der Waals surface area contributed by atoms with Crippen LogP contribution in [0.25, 0.3) is 0 Å². The Morgan fingerprint density at radius 2 is 1.80 bits per heavy atom. The highest BCUT2D eigenvalue weighted by atomic mass is 19.2. The minimum absolute atomic E-state index is 0.0271. The van der Waals surface area contributed by atoms with E-state index in [-0.39, 0.29) is 23.9 Å². The summed E-state index contributed by atoms with van der Waals surface area (Å²) in [6, 6.07) is 6.13. The molecule has 0 radical (unpaired) electrons. The van der Waals surface area contributed by atoms with Gasteiger partial charge in [-0.15, -0.1) is 0 Å². The molecule has 1 aliphatic carbocycles. The highest BCUT2D eigenvalue weighted by Crippen LogP contribution is 2.37. The van der Waals surface area contributed by atoms with Crippen molar-refractivity contribution in [1.82, 2.24) is 20.1 Å². The van der Waals surface area contributed by atoms with Gasteiger partial charge in [-0.1, -0.05) is 12.1 Å². The molecule has 2 atom stereocenters. The van der Waals surface area contributed by atoms with Crippen LogP contribution >= 0.6 is 0 Å². The van der Waals surface area contributed by atoms with Gasteiger partial charge in [0, 0.05) is 44.0 Å². The van der Waals surface area contributed by atoms with Crippen molar-refractivity contribution in [3.8, 4) is 0 Å².